The molecule has 1 saturated heterocycles. The summed E-state index contributed by atoms with van der Waals surface area (Å²) in [5.41, 5.74) is 6.80. The number of anilines is 2. The molecule has 164 valence electrons. The van der Waals surface area contributed by atoms with Gasteiger partial charge >= 0.3 is 0 Å². The fraction of sp³-hybridized carbons (Fsp3) is 0.286. The molecular weight excluding hydrogens is 396 g/mol. The smallest absolute Gasteiger partial charge is 0.255 e. The fourth-order valence-corrected chi connectivity index (χ4v) is 4.28. The van der Waals surface area contributed by atoms with Gasteiger partial charge in [-0.2, -0.15) is 0 Å². The lowest BCUT2D eigenvalue weighted by atomic mass is 9.95. The Bertz CT molecular complexity index is 1150. The Hall–Kier alpha value is -3.40. The first kappa shape index (κ1) is 21.8. The molecule has 0 aromatic heterocycles. The van der Waals surface area contributed by atoms with Crippen LogP contribution < -0.4 is 9.80 Å². The van der Waals surface area contributed by atoms with Gasteiger partial charge < -0.3 is 4.90 Å². The summed E-state index contributed by atoms with van der Waals surface area (Å²) in [5, 5.41) is 0. The molecule has 1 aliphatic heterocycles. The van der Waals surface area contributed by atoms with E-state index in [4.69, 9.17) is 0 Å². The van der Waals surface area contributed by atoms with Crippen molar-refractivity contribution in [1.82, 2.24) is 0 Å². The van der Waals surface area contributed by atoms with Gasteiger partial charge in [0.2, 0.25) is 5.91 Å². The van der Waals surface area contributed by atoms with Crippen LogP contribution in [0.1, 0.15) is 53.6 Å². The number of hydrogen-bond acceptors (Lipinski definition) is 2. The number of carbonyl (C=O) groups excluding carboxylic acids is 2. The summed E-state index contributed by atoms with van der Waals surface area (Å²) in [6.07, 6.45) is 0. The minimum atomic E-state index is -0.708. The minimum Gasteiger partial charge on any atom is -0.301 e. The normalized spacial score (nSPS) is 16.8. The first-order valence-electron chi connectivity index (χ1n) is 11.1. The number of amides is 2. The molecule has 1 aliphatic rings. The number of benzene rings is 3. The van der Waals surface area contributed by atoms with Crippen LogP contribution in [0, 0.1) is 20.8 Å². The molecule has 0 spiro atoms. The highest BCUT2D eigenvalue weighted by molar-refractivity contribution is 6.14. The summed E-state index contributed by atoms with van der Waals surface area (Å²) in [6.45, 7) is 10.3. The monoisotopic (exact) mass is 426 g/mol. The van der Waals surface area contributed by atoms with Crippen LogP contribution in [0.15, 0.2) is 66.7 Å². The van der Waals surface area contributed by atoms with Gasteiger partial charge in [0.15, 0.2) is 0 Å². The zero-order valence-electron chi connectivity index (χ0n) is 19.4. The number of piperazine rings is 1. The highest BCUT2D eigenvalue weighted by Crippen LogP contribution is 2.36. The second-order valence-corrected chi connectivity index (χ2v) is 8.97. The van der Waals surface area contributed by atoms with E-state index >= 15 is 0 Å². The topological polar surface area (TPSA) is 40.6 Å². The highest BCUT2D eigenvalue weighted by Gasteiger charge is 2.42. The second-order valence-electron chi connectivity index (χ2n) is 8.97. The molecule has 1 atom stereocenters. The highest BCUT2D eigenvalue weighted by atomic mass is 16.2. The van der Waals surface area contributed by atoms with Crippen LogP contribution in [0.4, 0.5) is 11.4 Å². The fourth-order valence-electron chi connectivity index (χ4n) is 4.28. The van der Waals surface area contributed by atoms with Crippen LogP contribution in [-0.2, 0) is 9.59 Å². The van der Waals surface area contributed by atoms with Gasteiger partial charge in [0.25, 0.3) is 5.91 Å². The standard InChI is InChI=1S/C28H30N2O2/c1-18(2)22-11-13-23(14-12-22)27-28(32)29(25-8-6-7-20(4)21(25)5)17-26(31)30(27)24-15-9-19(3)10-16-24/h6-16,18,27H,17H2,1-5H3. The number of aryl methyl sites for hydroxylation is 2. The molecule has 32 heavy (non-hydrogen) atoms. The van der Waals surface area contributed by atoms with Gasteiger partial charge in [-0.25, -0.2) is 0 Å². The van der Waals surface area contributed by atoms with Gasteiger partial charge in [0.05, 0.1) is 0 Å². The predicted molar refractivity (Wildman–Crippen MR) is 130 cm³/mol. The van der Waals surface area contributed by atoms with Crippen LogP contribution in [0.5, 0.6) is 0 Å². The van der Waals surface area contributed by atoms with Crippen molar-refractivity contribution in [2.45, 2.75) is 46.6 Å². The average Bonchev–Trinajstić information content (AvgIpc) is 2.78. The Morgan fingerprint density at radius 3 is 2.12 bits per heavy atom. The van der Waals surface area contributed by atoms with Crippen LogP contribution in [0.2, 0.25) is 0 Å². The molecule has 3 aromatic carbocycles. The zero-order chi connectivity index (χ0) is 23.0. The van der Waals surface area contributed by atoms with Crippen molar-refractivity contribution in [1.29, 1.82) is 0 Å². The minimum absolute atomic E-state index is 0.0254. The molecular formula is C28H30N2O2. The van der Waals surface area contributed by atoms with Gasteiger partial charge in [-0.1, -0.05) is 67.9 Å². The van der Waals surface area contributed by atoms with Crippen LogP contribution in [0.3, 0.4) is 0 Å². The molecule has 0 radical (unpaired) electrons. The SMILES string of the molecule is Cc1ccc(N2C(=O)CN(c3cccc(C)c3C)C(=O)C2c2ccc(C(C)C)cc2)cc1. The third kappa shape index (κ3) is 3.93. The van der Waals surface area contributed by atoms with Gasteiger partial charge in [0.1, 0.15) is 12.6 Å². The molecule has 3 aromatic rings. The molecule has 0 aliphatic carbocycles. The molecule has 1 unspecified atom stereocenters. The van der Waals surface area contributed by atoms with E-state index in [1.54, 1.807) is 9.80 Å². The van der Waals surface area contributed by atoms with Crippen LogP contribution in [0.25, 0.3) is 0 Å². The van der Waals surface area contributed by atoms with E-state index < -0.39 is 6.04 Å². The summed E-state index contributed by atoms with van der Waals surface area (Å²) in [7, 11) is 0. The van der Waals surface area contributed by atoms with E-state index in [0.717, 1.165) is 33.6 Å². The van der Waals surface area contributed by atoms with Crippen molar-refractivity contribution < 1.29 is 9.59 Å². The van der Waals surface area contributed by atoms with Gasteiger partial charge in [-0.3, -0.25) is 14.5 Å². The molecule has 4 rings (SSSR count). The third-order valence-corrected chi connectivity index (χ3v) is 6.42. The first-order valence-corrected chi connectivity index (χ1v) is 11.1. The van der Waals surface area contributed by atoms with E-state index in [0.29, 0.717) is 5.92 Å². The first-order chi connectivity index (χ1) is 15.3. The zero-order valence-corrected chi connectivity index (χ0v) is 19.4. The maximum absolute atomic E-state index is 13.9. The van der Waals surface area contributed by atoms with Crippen molar-refractivity contribution in [2.24, 2.45) is 0 Å². The average molecular weight is 427 g/mol. The Balaban J connectivity index is 1.83. The maximum atomic E-state index is 13.9. The quantitative estimate of drug-likeness (QED) is 0.524. The molecule has 2 amide bonds. The van der Waals surface area contributed by atoms with Crippen molar-refractivity contribution in [3.63, 3.8) is 0 Å². The Morgan fingerprint density at radius 1 is 0.844 bits per heavy atom. The van der Waals surface area contributed by atoms with E-state index in [1.165, 1.54) is 5.56 Å². The maximum Gasteiger partial charge on any atom is 0.255 e. The Morgan fingerprint density at radius 2 is 1.50 bits per heavy atom. The predicted octanol–water partition coefficient (Wildman–Crippen LogP) is 5.86. The number of nitrogens with zero attached hydrogens (tertiary/aromatic N) is 2. The summed E-state index contributed by atoms with van der Waals surface area (Å²) >= 11 is 0. The molecule has 1 fully saturated rings. The van der Waals surface area contributed by atoms with Crippen molar-refractivity contribution in [2.75, 3.05) is 16.3 Å². The molecule has 0 saturated carbocycles. The van der Waals surface area contributed by atoms with E-state index in [2.05, 4.69) is 26.0 Å². The molecule has 0 N–H and O–H groups in total. The van der Waals surface area contributed by atoms with Gasteiger partial charge in [0, 0.05) is 11.4 Å². The lowest BCUT2D eigenvalue weighted by molar-refractivity contribution is -0.128. The summed E-state index contributed by atoms with van der Waals surface area (Å²) < 4.78 is 0. The number of hydrogen-bond donors (Lipinski definition) is 0. The van der Waals surface area contributed by atoms with Crippen molar-refractivity contribution >= 4 is 23.2 Å². The number of rotatable bonds is 4. The van der Waals surface area contributed by atoms with E-state index in [9.17, 15) is 9.59 Å². The summed E-state index contributed by atoms with van der Waals surface area (Å²) in [6, 6.07) is 21.1. The summed E-state index contributed by atoms with van der Waals surface area (Å²) in [4.78, 5) is 30.7. The molecule has 4 heteroatoms. The van der Waals surface area contributed by atoms with Crippen molar-refractivity contribution in [3.05, 3.63) is 94.5 Å². The van der Waals surface area contributed by atoms with Crippen LogP contribution >= 0.6 is 0 Å². The van der Waals surface area contributed by atoms with E-state index in [1.807, 2.05) is 75.4 Å². The number of carbonyl (C=O) groups is 2. The molecule has 0 bridgehead atoms. The van der Waals surface area contributed by atoms with E-state index in [-0.39, 0.29) is 18.4 Å². The Labute approximate surface area is 190 Å². The molecule has 1 heterocycles. The largest absolute Gasteiger partial charge is 0.301 e. The van der Waals surface area contributed by atoms with Crippen molar-refractivity contribution in [3.8, 4) is 0 Å². The summed E-state index contributed by atoms with van der Waals surface area (Å²) in [5.74, 6) is 0.218. The molecule has 4 nitrogen and oxygen atoms in total. The second kappa shape index (κ2) is 8.62. The lowest BCUT2D eigenvalue weighted by Crippen LogP contribution is -2.56. The Kier molecular flexibility index (Phi) is 5.88. The third-order valence-electron chi connectivity index (χ3n) is 6.42. The van der Waals surface area contributed by atoms with Crippen LogP contribution in [-0.4, -0.2) is 18.4 Å². The van der Waals surface area contributed by atoms with Gasteiger partial charge in [-0.05, 0) is 67.1 Å². The lowest BCUT2D eigenvalue weighted by Gasteiger charge is -2.41. The van der Waals surface area contributed by atoms with Gasteiger partial charge in [-0.15, -0.1) is 0 Å².